The maximum Gasteiger partial charge on any atom is 0.233 e. The fourth-order valence-corrected chi connectivity index (χ4v) is 2.82. The van der Waals surface area contributed by atoms with E-state index in [0.717, 1.165) is 44.0 Å². The number of benzene rings is 1. The predicted molar refractivity (Wildman–Crippen MR) is 79.1 cm³/mol. The highest BCUT2D eigenvalue weighted by Crippen LogP contribution is 2.35. The molecule has 0 radical (unpaired) electrons. The van der Waals surface area contributed by atoms with Crippen LogP contribution in [0.3, 0.4) is 0 Å². The van der Waals surface area contributed by atoms with Crippen LogP contribution in [-0.2, 0) is 12.0 Å². The molecule has 0 spiro atoms. The van der Waals surface area contributed by atoms with Crippen LogP contribution in [-0.4, -0.2) is 23.2 Å². The predicted octanol–water partition coefficient (Wildman–Crippen LogP) is 2.68. The van der Waals surface area contributed by atoms with Crippen LogP contribution in [0.4, 0.5) is 0 Å². The van der Waals surface area contributed by atoms with Crippen molar-refractivity contribution in [3.63, 3.8) is 0 Å². The van der Waals surface area contributed by atoms with Crippen LogP contribution >= 0.6 is 0 Å². The van der Waals surface area contributed by atoms with Gasteiger partial charge in [-0.15, -0.1) is 0 Å². The minimum absolute atomic E-state index is 0.0310. The van der Waals surface area contributed by atoms with Gasteiger partial charge in [-0.1, -0.05) is 30.3 Å². The monoisotopic (exact) mass is 287 g/mol. The third-order valence-electron chi connectivity index (χ3n) is 4.27. The fourth-order valence-electron chi connectivity index (χ4n) is 2.82. The van der Waals surface area contributed by atoms with Crippen molar-refractivity contribution in [2.45, 2.75) is 38.2 Å². The quantitative estimate of drug-likeness (QED) is 0.916. The molecule has 0 amide bonds. The van der Waals surface area contributed by atoms with E-state index in [-0.39, 0.29) is 5.41 Å². The van der Waals surface area contributed by atoms with Crippen LogP contribution < -0.4 is 10.1 Å². The van der Waals surface area contributed by atoms with Crippen molar-refractivity contribution in [3.05, 3.63) is 42.0 Å². The van der Waals surface area contributed by atoms with Gasteiger partial charge >= 0.3 is 0 Å². The molecule has 1 saturated heterocycles. The lowest BCUT2D eigenvalue weighted by Gasteiger charge is -2.33. The Morgan fingerprint density at radius 1 is 1.24 bits per heavy atom. The van der Waals surface area contributed by atoms with Gasteiger partial charge in [0.05, 0.1) is 5.41 Å². The topological polar surface area (TPSA) is 60.2 Å². The Balaban J connectivity index is 1.68. The van der Waals surface area contributed by atoms with E-state index in [1.807, 2.05) is 30.3 Å². The second-order valence-corrected chi connectivity index (χ2v) is 5.50. The average Bonchev–Trinajstić information content (AvgIpc) is 3.04. The highest BCUT2D eigenvalue weighted by Gasteiger charge is 2.37. The first-order chi connectivity index (χ1) is 10.3. The molecule has 0 atom stereocenters. The zero-order chi connectivity index (χ0) is 14.5. The number of nitrogens with one attached hydrogen (secondary N) is 1. The van der Waals surface area contributed by atoms with Crippen molar-refractivity contribution in [1.82, 2.24) is 15.5 Å². The highest BCUT2D eigenvalue weighted by atomic mass is 16.5. The number of nitrogens with zero attached hydrogens (tertiary/aromatic N) is 2. The summed E-state index contributed by atoms with van der Waals surface area (Å²) in [5, 5.41) is 7.45. The molecule has 112 valence electrons. The first kappa shape index (κ1) is 14.1. The SMILES string of the molecule is CCC1(c2nc(COc3ccccc3)no2)CCNCC1. The smallest absolute Gasteiger partial charge is 0.233 e. The standard InChI is InChI=1S/C16H21N3O2/c1-2-16(8-10-17-11-9-16)15-18-14(19-21-15)12-20-13-6-4-3-5-7-13/h3-7,17H,2,8-12H2,1H3. The van der Waals surface area contributed by atoms with E-state index in [0.29, 0.717) is 12.4 Å². The molecule has 2 heterocycles. The van der Waals surface area contributed by atoms with Crippen molar-refractivity contribution in [2.75, 3.05) is 13.1 Å². The third-order valence-corrected chi connectivity index (χ3v) is 4.27. The largest absolute Gasteiger partial charge is 0.485 e. The van der Waals surface area contributed by atoms with Crippen molar-refractivity contribution >= 4 is 0 Å². The Bertz CT molecular complexity index is 562. The van der Waals surface area contributed by atoms with Crippen LogP contribution in [0.5, 0.6) is 5.75 Å². The Morgan fingerprint density at radius 3 is 2.71 bits per heavy atom. The van der Waals surface area contributed by atoms with E-state index in [2.05, 4.69) is 22.4 Å². The van der Waals surface area contributed by atoms with Gasteiger partial charge in [-0.2, -0.15) is 4.98 Å². The first-order valence-electron chi connectivity index (χ1n) is 7.54. The Hall–Kier alpha value is -1.88. The maximum absolute atomic E-state index is 5.66. The molecule has 0 aliphatic carbocycles. The molecular formula is C16H21N3O2. The summed E-state index contributed by atoms with van der Waals surface area (Å²) in [7, 11) is 0. The molecule has 21 heavy (non-hydrogen) atoms. The van der Waals surface area contributed by atoms with Gasteiger partial charge in [0.2, 0.25) is 11.7 Å². The van der Waals surface area contributed by atoms with Crippen LogP contribution in [0.2, 0.25) is 0 Å². The third kappa shape index (κ3) is 3.08. The number of ether oxygens (including phenoxy) is 1. The number of piperidine rings is 1. The Kier molecular flexibility index (Phi) is 4.20. The van der Waals surface area contributed by atoms with E-state index >= 15 is 0 Å². The van der Waals surface area contributed by atoms with Crippen LogP contribution in [0.25, 0.3) is 0 Å². The van der Waals surface area contributed by atoms with Gasteiger partial charge in [-0.3, -0.25) is 0 Å². The molecule has 1 aromatic carbocycles. The van der Waals surface area contributed by atoms with Crippen molar-refractivity contribution in [1.29, 1.82) is 0 Å². The summed E-state index contributed by atoms with van der Waals surface area (Å²) in [6, 6.07) is 9.68. The zero-order valence-corrected chi connectivity index (χ0v) is 12.3. The minimum Gasteiger partial charge on any atom is -0.485 e. The Morgan fingerprint density at radius 2 is 2.00 bits per heavy atom. The number of para-hydroxylation sites is 1. The van der Waals surface area contributed by atoms with Crippen molar-refractivity contribution < 1.29 is 9.26 Å². The molecule has 2 aromatic rings. The molecular weight excluding hydrogens is 266 g/mol. The van der Waals surface area contributed by atoms with E-state index < -0.39 is 0 Å². The molecule has 3 rings (SSSR count). The van der Waals surface area contributed by atoms with Crippen LogP contribution in [0.1, 0.15) is 37.9 Å². The zero-order valence-electron chi connectivity index (χ0n) is 12.3. The minimum atomic E-state index is 0.0310. The second kappa shape index (κ2) is 6.26. The van der Waals surface area contributed by atoms with Crippen LogP contribution in [0.15, 0.2) is 34.9 Å². The van der Waals surface area contributed by atoms with Gasteiger partial charge in [0.25, 0.3) is 0 Å². The van der Waals surface area contributed by atoms with Crippen molar-refractivity contribution in [3.8, 4) is 5.75 Å². The second-order valence-electron chi connectivity index (χ2n) is 5.50. The normalized spacial score (nSPS) is 17.6. The molecule has 1 fully saturated rings. The molecule has 1 aliphatic rings. The number of aromatic nitrogens is 2. The summed E-state index contributed by atoms with van der Waals surface area (Å²) in [4.78, 5) is 4.56. The van der Waals surface area contributed by atoms with E-state index in [9.17, 15) is 0 Å². The van der Waals surface area contributed by atoms with Crippen LogP contribution in [0, 0.1) is 0 Å². The van der Waals surface area contributed by atoms with Crippen molar-refractivity contribution in [2.24, 2.45) is 0 Å². The summed E-state index contributed by atoms with van der Waals surface area (Å²) >= 11 is 0. The Labute approximate surface area is 124 Å². The van der Waals surface area contributed by atoms with E-state index in [4.69, 9.17) is 9.26 Å². The summed E-state index contributed by atoms with van der Waals surface area (Å²) < 4.78 is 11.2. The average molecular weight is 287 g/mol. The molecule has 1 aromatic heterocycles. The molecule has 5 nitrogen and oxygen atoms in total. The fraction of sp³-hybridized carbons (Fsp3) is 0.500. The molecule has 0 unspecified atom stereocenters. The molecule has 1 aliphatic heterocycles. The highest BCUT2D eigenvalue weighted by molar-refractivity contribution is 5.21. The summed E-state index contributed by atoms with van der Waals surface area (Å²) in [5.74, 6) is 2.19. The maximum atomic E-state index is 5.66. The first-order valence-corrected chi connectivity index (χ1v) is 7.54. The summed E-state index contributed by atoms with van der Waals surface area (Å²) in [6.07, 6.45) is 3.12. The summed E-state index contributed by atoms with van der Waals surface area (Å²) in [6.45, 7) is 4.54. The van der Waals surface area contributed by atoms with E-state index in [1.165, 1.54) is 0 Å². The van der Waals surface area contributed by atoms with Gasteiger partial charge in [-0.25, -0.2) is 0 Å². The van der Waals surface area contributed by atoms with Gasteiger partial charge in [-0.05, 0) is 44.5 Å². The number of hydrogen-bond donors (Lipinski definition) is 1. The lowest BCUT2D eigenvalue weighted by Crippen LogP contribution is -2.39. The molecule has 0 saturated carbocycles. The molecule has 1 N–H and O–H groups in total. The lowest BCUT2D eigenvalue weighted by molar-refractivity contribution is 0.215. The van der Waals surface area contributed by atoms with Gasteiger partial charge < -0.3 is 14.6 Å². The summed E-state index contributed by atoms with van der Waals surface area (Å²) in [5.41, 5.74) is 0.0310. The molecule has 0 bridgehead atoms. The lowest BCUT2D eigenvalue weighted by atomic mass is 9.76. The van der Waals surface area contributed by atoms with Gasteiger partial charge in [0, 0.05) is 0 Å². The van der Waals surface area contributed by atoms with E-state index in [1.54, 1.807) is 0 Å². The number of rotatable bonds is 5. The molecule has 5 heteroatoms. The van der Waals surface area contributed by atoms with Gasteiger partial charge in [0.15, 0.2) is 6.61 Å². The number of hydrogen-bond acceptors (Lipinski definition) is 5. The van der Waals surface area contributed by atoms with Gasteiger partial charge in [0.1, 0.15) is 5.75 Å².